The average molecular weight is 526 g/mol. The van der Waals surface area contributed by atoms with Crippen LogP contribution in [0.5, 0.6) is 5.75 Å². The molecule has 2 unspecified atom stereocenters. The third-order valence-electron chi connectivity index (χ3n) is 8.43. The molecule has 0 spiro atoms. The van der Waals surface area contributed by atoms with Gasteiger partial charge in [-0.2, -0.15) is 5.10 Å². The first-order valence-electron chi connectivity index (χ1n) is 14.0. The van der Waals surface area contributed by atoms with E-state index in [-0.39, 0.29) is 24.2 Å². The molecule has 4 aliphatic rings. The van der Waals surface area contributed by atoms with Crippen LogP contribution in [0, 0.1) is 5.92 Å². The van der Waals surface area contributed by atoms with Gasteiger partial charge in [-0.3, -0.25) is 14.6 Å². The number of carbonyl (C=O) groups excluding carboxylic acids is 1. The van der Waals surface area contributed by atoms with Crippen molar-refractivity contribution < 1.29 is 19.4 Å². The molecule has 0 aromatic heterocycles. The summed E-state index contributed by atoms with van der Waals surface area (Å²) in [7, 11) is 0. The quantitative estimate of drug-likeness (QED) is 0.584. The van der Waals surface area contributed by atoms with Gasteiger partial charge in [0, 0.05) is 43.6 Å². The van der Waals surface area contributed by atoms with E-state index in [4.69, 9.17) is 9.84 Å². The zero-order chi connectivity index (χ0) is 26.9. The topological polar surface area (TPSA) is 82.4 Å². The Labute approximate surface area is 229 Å². The zero-order valence-corrected chi connectivity index (χ0v) is 22.4. The molecule has 8 bridgehead atoms. The molecular weight excluding hydrogens is 490 g/mol. The first-order valence-corrected chi connectivity index (χ1v) is 14.0. The van der Waals surface area contributed by atoms with Gasteiger partial charge < -0.3 is 14.7 Å². The van der Waals surface area contributed by atoms with E-state index in [9.17, 15) is 14.7 Å². The maximum absolute atomic E-state index is 13.5. The smallest absolute Gasteiger partial charge is 0.304 e. The third kappa shape index (κ3) is 5.22. The van der Waals surface area contributed by atoms with E-state index in [1.807, 2.05) is 29.2 Å². The summed E-state index contributed by atoms with van der Waals surface area (Å²) in [4.78, 5) is 27.4. The lowest BCUT2D eigenvalue weighted by Crippen LogP contribution is -2.36. The Balaban J connectivity index is 1.38. The molecular formula is C32H35N3O4. The Morgan fingerprint density at radius 3 is 2.87 bits per heavy atom. The molecule has 0 fully saturated rings. The summed E-state index contributed by atoms with van der Waals surface area (Å²) >= 11 is 0. The van der Waals surface area contributed by atoms with Crippen LogP contribution in [-0.4, -0.2) is 58.8 Å². The van der Waals surface area contributed by atoms with E-state index in [1.54, 1.807) is 0 Å². The van der Waals surface area contributed by atoms with E-state index < -0.39 is 5.97 Å². The van der Waals surface area contributed by atoms with Crippen LogP contribution in [0.1, 0.15) is 65.6 Å². The van der Waals surface area contributed by atoms with Crippen molar-refractivity contribution in [2.45, 2.75) is 51.5 Å². The lowest BCUT2D eigenvalue weighted by Gasteiger charge is -2.31. The van der Waals surface area contributed by atoms with Crippen molar-refractivity contribution in [2.75, 3.05) is 26.2 Å². The highest BCUT2D eigenvalue weighted by molar-refractivity contribution is 6.05. The summed E-state index contributed by atoms with van der Waals surface area (Å²) in [5.74, 6) is -0.144. The van der Waals surface area contributed by atoms with Crippen LogP contribution in [0.3, 0.4) is 0 Å². The van der Waals surface area contributed by atoms with Crippen molar-refractivity contribution in [3.63, 3.8) is 0 Å². The molecule has 3 aliphatic heterocycles. The molecule has 1 amide bonds. The van der Waals surface area contributed by atoms with Gasteiger partial charge in [-0.15, -0.1) is 0 Å². The van der Waals surface area contributed by atoms with E-state index in [1.165, 1.54) is 5.56 Å². The second-order valence-electron chi connectivity index (χ2n) is 11.0. The largest absolute Gasteiger partial charge is 0.494 e. The van der Waals surface area contributed by atoms with Gasteiger partial charge in [0.1, 0.15) is 5.75 Å². The number of carbonyl (C=O) groups is 2. The minimum atomic E-state index is -0.826. The van der Waals surface area contributed by atoms with Crippen LogP contribution in [0.25, 0.3) is 0 Å². The third-order valence-corrected chi connectivity index (χ3v) is 8.43. The molecule has 2 aromatic rings. The van der Waals surface area contributed by atoms with Gasteiger partial charge in [0.2, 0.25) is 0 Å². The lowest BCUT2D eigenvalue weighted by atomic mass is 9.78. The maximum Gasteiger partial charge on any atom is 0.304 e. The Morgan fingerprint density at radius 1 is 1.10 bits per heavy atom. The number of carboxylic acids is 1. The molecule has 1 aliphatic carbocycles. The average Bonchev–Trinajstić information content (AvgIpc) is 3.36. The van der Waals surface area contributed by atoms with E-state index in [0.29, 0.717) is 25.3 Å². The van der Waals surface area contributed by atoms with Gasteiger partial charge in [-0.25, -0.2) is 0 Å². The fraction of sp³-hybridized carbons (Fsp3) is 0.406. The highest BCUT2D eigenvalue weighted by atomic mass is 16.5. The minimum absolute atomic E-state index is 0.00684. The van der Waals surface area contributed by atoms with Crippen molar-refractivity contribution in [3.05, 3.63) is 88.0 Å². The molecule has 0 saturated heterocycles. The Hall–Kier alpha value is -3.87. The lowest BCUT2D eigenvalue weighted by molar-refractivity contribution is -0.137. The number of benzene rings is 2. The number of nitrogens with zero attached hydrogens (tertiary/aromatic N) is 3. The molecule has 6 rings (SSSR count). The van der Waals surface area contributed by atoms with Crippen LogP contribution < -0.4 is 4.74 Å². The Morgan fingerprint density at radius 2 is 2.00 bits per heavy atom. The second-order valence-corrected chi connectivity index (χ2v) is 11.0. The summed E-state index contributed by atoms with van der Waals surface area (Å²) < 4.78 is 5.99. The molecule has 2 atom stereocenters. The van der Waals surface area contributed by atoms with E-state index in [2.05, 4.69) is 42.3 Å². The van der Waals surface area contributed by atoms with Gasteiger partial charge in [0.15, 0.2) is 0 Å². The van der Waals surface area contributed by atoms with Gasteiger partial charge >= 0.3 is 5.97 Å². The van der Waals surface area contributed by atoms with Crippen LogP contribution in [0.4, 0.5) is 0 Å². The molecule has 0 radical (unpaired) electrons. The van der Waals surface area contributed by atoms with E-state index >= 15 is 0 Å². The number of fused-ring (bicyclic) bond motifs is 5. The minimum Gasteiger partial charge on any atom is -0.494 e. The molecule has 39 heavy (non-hydrogen) atoms. The number of aliphatic carboxylic acids is 1. The number of allylic oxidation sites excluding steroid dienone is 3. The molecule has 2 aromatic carbocycles. The summed E-state index contributed by atoms with van der Waals surface area (Å²) in [6.45, 7) is 5.62. The first kappa shape index (κ1) is 25.4. The number of ether oxygens (including phenoxy) is 1. The highest BCUT2D eigenvalue weighted by Gasteiger charge is 2.33. The number of carboxylic acid groups (broad SMARTS) is 1. The van der Waals surface area contributed by atoms with Crippen LogP contribution in [-0.2, 0) is 17.8 Å². The number of hydrazone groups is 1. The predicted molar refractivity (Wildman–Crippen MR) is 150 cm³/mol. The number of hydrogen-bond donors (Lipinski definition) is 1. The number of amides is 1. The van der Waals surface area contributed by atoms with Crippen molar-refractivity contribution in [1.82, 2.24) is 9.91 Å². The summed E-state index contributed by atoms with van der Waals surface area (Å²) in [6, 6.07) is 13.8. The summed E-state index contributed by atoms with van der Waals surface area (Å²) in [6.07, 6.45) is 8.11. The zero-order valence-electron chi connectivity index (χ0n) is 22.4. The number of hydrogen-bond acceptors (Lipinski definition) is 5. The molecule has 7 nitrogen and oxygen atoms in total. The van der Waals surface area contributed by atoms with Crippen molar-refractivity contribution >= 4 is 17.6 Å². The number of rotatable bonds is 2. The fourth-order valence-electron chi connectivity index (χ4n) is 6.31. The molecule has 0 saturated carbocycles. The van der Waals surface area contributed by atoms with Crippen molar-refractivity contribution in [1.29, 1.82) is 0 Å². The van der Waals surface area contributed by atoms with Crippen LogP contribution in [0.15, 0.2) is 70.9 Å². The fourth-order valence-corrected chi connectivity index (χ4v) is 6.31. The Bertz CT molecular complexity index is 1390. The van der Waals surface area contributed by atoms with Crippen LogP contribution in [0.2, 0.25) is 0 Å². The molecule has 3 heterocycles. The predicted octanol–water partition coefficient (Wildman–Crippen LogP) is 5.18. The van der Waals surface area contributed by atoms with Gasteiger partial charge in [-0.05, 0) is 78.6 Å². The molecule has 1 N–H and O–H groups in total. The van der Waals surface area contributed by atoms with Crippen LogP contribution >= 0.6 is 0 Å². The molecule has 7 heteroatoms. The normalized spacial score (nSPS) is 23.0. The maximum atomic E-state index is 13.5. The highest BCUT2D eigenvalue weighted by Crippen LogP contribution is 2.38. The standard InChI is InChI=1S/C32H35N3O4/c1-21-28-11-10-25-20-35(33-31(21)25)13-3-2-4-15-39-27-7-5-6-24(17-27)32(38)34-14-12-22-8-9-23(16-26(22)19-34)29(28)18-30(36)37/h5-11,16-17,25,29H,2-4,12-15,18-20H2,1H3,(H,36,37). The summed E-state index contributed by atoms with van der Waals surface area (Å²) in [5.41, 5.74) is 7.08. The second kappa shape index (κ2) is 10.7. The first-order chi connectivity index (χ1) is 19.0. The Kier molecular flexibility index (Phi) is 6.98. The van der Waals surface area contributed by atoms with Gasteiger partial charge in [0.25, 0.3) is 5.91 Å². The van der Waals surface area contributed by atoms with Crippen molar-refractivity contribution in [2.24, 2.45) is 11.0 Å². The molecule has 202 valence electrons. The van der Waals surface area contributed by atoms with Gasteiger partial charge in [-0.1, -0.05) is 36.4 Å². The van der Waals surface area contributed by atoms with Crippen molar-refractivity contribution in [3.8, 4) is 5.75 Å². The monoisotopic (exact) mass is 525 g/mol. The van der Waals surface area contributed by atoms with Gasteiger partial charge in [0.05, 0.1) is 18.7 Å². The summed E-state index contributed by atoms with van der Waals surface area (Å²) in [5, 5.41) is 17.0. The van der Waals surface area contributed by atoms with E-state index in [0.717, 1.165) is 72.5 Å². The SMILES string of the molecule is CC1=C2C=CC3CN(CCCCCOc4cccc(c4)C(=O)N4CCc5ccc(cc5C4)C2CC(=O)O)N=C13.